The standard InChI is InChI=1S/C15H13ClNO/c1-12-5-2-3-7-14(12)10-17-18-11-13-6-4-8-15(16)9-13/h2-9H,11H2,1H3. The van der Waals surface area contributed by atoms with Crippen molar-refractivity contribution in [1.82, 2.24) is 0 Å². The Labute approximate surface area is 112 Å². The van der Waals surface area contributed by atoms with Gasteiger partial charge in [-0.3, -0.25) is 0 Å². The molecule has 2 nitrogen and oxygen atoms in total. The number of hydrogen-bond acceptors (Lipinski definition) is 2. The third-order valence-electron chi connectivity index (χ3n) is 2.50. The van der Waals surface area contributed by atoms with E-state index in [9.17, 15) is 0 Å². The molecule has 0 spiro atoms. The maximum Gasteiger partial charge on any atom is 0.142 e. The second-order valence-electron chi connectivity index (χ2n) is 3.92. The van der Waals surface area contributed by atoms with Gasteiger partial charge in [-0.15, -0.1) is 0 Å². The van der Waals surface area contributed by atoms with Gasteiger partial charge in [0.2, 0.25) is 0 Å². The van der Waals surface area contributed by atoms with Crippen LogP contribution in [0.4, 0.5) is 0 Å². The van der Waals surface area contributed by atoms with E-state index in [-0.39, 0.29) is 0 Å². The molecule has 0 aromatic heterocycles. The minimum Gasteiger partial charge on any atom is -0.390 e. The Bertz CT molecular complexity index is 552. The molecule has 0 heterocycles. The van der Waals surface area contributed by atoms with Crippen LogP contribution >= 0.6 is 11.6 Å². The molecule has 0 saturated heterocycles. The van der Waals surface area contributed by atoms with Crippen molar-refractivity contribution in [2.75, 3.05) is 0 Å². The van der Waals surface area contributed by atoms with Crippen molar-refractivity contribution in [2.45, 2.75) is 13.5 Å². The first-order valence-electron chi connectivity index (χ1n) is 5.64. The summed E-state index contributed by atoms with van der Waals surface area (Å²) in [4.78, 5) is 5.19. The second kappa shape index (κ2) is 6.22. The summed E-state index contributed by atoms with van der Waals surface area (Å²) >= 11 is 5.87. The maximum atomic E-state index is 5.87. The van der Waals surface area contributed by atoms with Crippen LogP contribution in [0.15, 0.2) is 53.7 Å². The first-order valence-corrected chi connectivity index (χ1v) is 6.01. The average Bonchev–Trinajstić information content (AvgIpc) is 2.37. The molecule has 2 aromatic rings. The van der Waals surface area contributed by atoms with Crippen molar-refractivity contribution in [3.8, 4) is 0 Å². The fourth-order valence-electron chi connectivity index (χ4n) is 1.51. The molecule has 18 heavy (non-hydrogen) atoms. The van der Waals surface area contributed by atoms with Crippen LogP contribution in [0, 0.1) is 6.92 Å². The lowest BCUT2D eigenvalue weighted by molar-refractivity contribution is 0.132. The first-order chi connectivity index (χ1) is 8.75. The normalized spacial score (nSPS) is 10.8. The van der Waals surface area contributed by atoms with Crippen LogP contribution < -0.4 is 0 Å². The smallest absolute Gasteiger partial charge is 0.142 e. The van der Waals surface area contributed by atoms with Crippen LogP contribution in [0.5, 0.6) is 0 Å². The molecule has 91 valence electrons. The Morgan fingerprint density at radius 2 is 2.00 bits per heavy atom. The fourth-order valence-corrected chi connectivity index (χ4v) is 1.73. The van der Waals surface area contributed by atoms with Gasteiger partial charge in [0.05, 0.1) is 0 Å². The zero-order valence-electron chi connectivity index (χ0n) is 10.1. The molecule has 0 fully saturated rings. The third-order valence-corrected chi connectivity index (χ3v) is 2.73. The van der Waals surface area contributed by atoms with Gasteiger partial charge in [0.25, 0.3) is 0 Å². The summed E-state index contributed by atoms with van der Waals surface area (Å²) in [6, 6.07) is 15.4. The zero-order valence-corrected chi connectivity index (χ0v) is 10.8. The molecule has 0 aliphatic rings. The number of hydrogen-bond donors (Lipinski definition) is 0. The molecule has 0 aliphatic heterocycles. The van der Waals surface area contributed by atoms with E-state index in [0.29, 0.717) is 11.6 Å². The van der Waals surface area contributed by atoms with Crippen molar-refractivity contribution in [2.24, 2.45) is 5.16 Å². The predicted molar refractivity (Wildman–Crippen MR) is 74.0 cm³/mol. The Kier molecular flexibility index (Phi) is 4.37. The Hall–Kier alpha value is -1.80. The van der Waals surface area contributed by atoms with Gasteiger partial charge in [0, 0.05) is 10.6 Å². The largest absolute Gasteiger partial charge is 0.390 e. The number of rotatable bonds is 4. The minimum absolute atomic E-state index is 0.388. The molecule has 2 aromatic carbocycles. The zero-order chi connectivity index (χ0) is 12.8. The summed E-state index contributed by atoms with van der Waals surface area (Å²) in [5, 5.41) is 4.53. The highest BCUT2D eigenvalue weighted by Crippen LogP contribution is 2.11. The van der Waals surface area contributed by atoms with Crippen LogP contribution in [-0.4, -0.2) is 6.21 Å². The van der Waals surface area contributed by atoms with Gasteiger partial charge in [-0.1, -0.05) is 53.2 Å². The number of benzene rings is 2. The molecule has 0 amide bonds. The maximum absolute atomic E-state index is 5.87. The lowest BCUT2D eigenvalue weighted by atomic mass is 10.1. The number of nitrogens with zero attached hydrogens (tertiary/aromatic N) is 1. The van der Waals surface area contributed by atoms with E-state index in [1.807, 2.05) is 55.5 Å². The summed E-state index contributed by atoms with van der Waals surface area (Å²) in [6.07, 6.45) is 2.87. The summed E-state index contributed by atoms with van der Waals surface area (Å²) in [5.41, 5.74) is 3.04. The van der Waals surface area contributed by atoms with Gasteiger partial charge >= 0.3 is 0 Å². The van der Waals surface area contributed by atoms with Crippen LogP contribution in [-0.2, 0) is 11.4 Å². The second-order valence-corrected chi connectivity index (χ2v) is 4.36. The topological polar surface area (TPSA) is 21.6 Å². The van der Waals surface area contributed by atoms with Crippen LogP contribution in [0.3, 0.4) is 0 Å². The summed E-state index contributed by atoms with van der Waals surface area (Å²) < 4.78 is 0. The molecule has 0 unspecified atom stereocenters. The van der Waals surface area contributed by atoms with Gasteiger partial charge < -0.3 is 4.84 Å². The van der Waals surface area contributed by atoms with Gasteiger partial charge in [-0.05, 0) is 30.2 Å². The third kappa shape index (κ3) is 3.60. The Morgan fingerprint density at radius 1 is 1.17 bits per heavy atom. The van der Waals surface area contributed by atoms with Crippen molar-refractivity contribution in [3.05, 3.63) is 70.2 Å². The lowest BCUT2D eigenvalue weighted by Crippen LogP contribution is -1.89. The minimum atomic E-state index is 0.388. The van der Waals surface area contributed by atoms with Crippen molar-refractivity contribution < 1.29 is 4.84 Å². The van der Waals surface area contributed by atoms with Gasteiger partial charge in [0.15, 0.2) is 0 Å². The van der Waals surface area contributed by atoms with E-state index in [1.54, 1.807) is 0 Å². The first kappa shape index (κ1) is 12.7. The van der Waals surface area contributed by atoms with Gasteiger partial charge in [-0.2, -0.15) is 0 Å². The van der Waals surface area contributed by atoms with Crippen molar-refractivity contribution >= 4 is 17.8 Å². The molecule has 3 heteroatoms. The molecule has 0 N–H and O–H groups in total. The van der Waals surface area contributed by atoms with Crippen molar-refractivity contribution in [1.29, 1.82) is 0 Å². The number of aryl methyl sites for hydroxylation is 1. The van der Waals surface area contributed by atoms with Gasteiger partial charge in [0.1, 0.15) is 12.8 Å². The molecule has 2 rings (SSSR count). The Balaban J connectivity index is 1.91. The van der Waals surface area contributed by atoms with Gasteiger partial charge in [-0.25, -0.2) is 0 Å². The van der Waals surface area contributed by atoms with E-state index < -0.39 is 0 Å². The molecular weight excluding hydrogens is 246 g/mol. The van der Waals surface area contributed by atoms with E-state index in [2.05, 4.69) is 11.4 Å². The van der Waals surface area contributed by atoms with Crippen LogP contribution in [0.1, 0.15) is 16.7 Å². The molecule has 0 aliphatic carbocycles. The van der Waals surface area contributed by atoms with E-state index in [1.165, 1.54) is 0 Å². The summed E-state index contributed by atoms with van der Waals surface area (Å²) in [5.74, 6) is 0. The fraction of sp³-hybridized carbons (Fsp3) is 0.133. The van der Waals surface area contributed by atoms with Crippen LogP contribution in [0.2, 0.25) is 5.02 Å². The van der Waals surface area contributed by atoms with E-state index in [0.717, 1.165) is 16.7 Å². The SMILES string of the molecule is Cc1ccccc1[C]=NOCc1cccc(Cl)c1. The highest BCUT2D eigenvalue weighted by Gasteiger charge is 1.95. The van der Waals surface area contributed by atoms with Crippen LogP contribution in [0.25, 0.3) is 0 Å². The lowest BCUT2D eigenvalue weighted by Gasteiger charge is -2.00. The highest BCUT2D eigenvalue weighted by atomic mass is 35.5. The quantitative estimate of drug-likeness (QED) is 0.598. The summed E-state index contributed by atoms with van der Waals surface area (Å²) in [7, 11) is 0. The Morgan fingerprint density at radius 3 is 2.78 bits per heavy atom. The molecule has 0 bridgehead atoms. The predicted octanol–water partition coefficient (Wildman–Crippen LogP) is 4.08. The monoisotopic (exact) mass is 258 g/mol. The molecule has 0 atom stereocenters. The number of halogens is 1. The summed E-state index contributed by atoms with van der Waals surface area (Å²) in [6.45, 7) is 2.40. The average molecular weight is 259 g/mol. The van der Waals surface area contributed by atoms with E-state index in [4.69, 9.17) is 16.4 Å². The molecule has 1 radical (unpaired) electrons. The highest BCUT2D eigenvalue weighted by molar-refractivity contribution is 6.30. The van der Waals surface area contributed by atoms with Crippen molar-refractivity contribution in [3.63, 3.8) is 0 Å². The molecular formula is C15H13ClNO. The van der Waals surface area contributed by atoms with E-state index >= 15 is 0 Å². The molecule has 0 saturated carbocycles.